The van der Waals surface area contributed by atoms with Gasteiger partial charge in [-0.3, -0.25) is 4.79 Å². The number of rotatable bonds is 7. The quantitative estimate of drug-likeness (QED) is 0.428. The Bertz CT molecular complexity index is 960. The number of nitrogen functional groups attached to an aromatic ring is 1. The third kappa shape index (κ3) is 6.13. The van der Waals surface area contributed by atoms with Crippen molar-refractivity contribution in [1.29, 1.82) is 0 Å². The summed E-state index contributed by atoms with van der Waals surface area (Å²) in [5, 5.41) is 6.03. The number of nitrogens with two attached hydrogens (primary N) is 1. The van der Waals surface area contributed by atoms with Crippen LogP contribution in [0.4, 0.5) is 16.2 Å². The van der Waals surface area contributed by atoms with Crippen molar-refractivity contribution in [1.82, 2.24) is 10.2 Å². The minimum absolute atomic E-state index is 0.0697. The van der Waals surface area contributed by atoms with Crippen LogP contribution in [0, 0.1) is 0 Å². The van der Waals surface area contributed by atoms with Crippen molar-refractivity contribution in [2.75, 3.05) is 11.1 Å². The van der Waals surface area contributed by atoms with Crippen LogP contribution in [0.25, 0.3) is 6.08 Å². The van der Waals surface area contributed by atoms with E-state index in [1.54, 1.807) is 18.2 Å². The average molecular weight is 433 g/mol. The van der Waals surface area contributed by atoms with E-state index in [0.717, 1.165) is 36.8 Å². The molecule has 6 nitrogen and oxygen atoms in total. The van der Waals surface area contributed by atoms with Gasteiger partial charge in [0, 0.05) is 24.7 Å². The Kier molecular flexibility index (Phi) is 7.10. The zero-order valence-electron chi connectivity index (χ0n) is 18.4. The molecular formula is C26H32N4O2. The number of carbonyl (C=O) groups excluding carboxylic acids is 2. The first-order valence-corrected chi connectivity index (χ1v) is 11.6. The summed E-state index contributed by atoms with van der Waals surface area (Å²) in [6.07, 6.45) is 11.3. The highest BCUT2D eigenvalue weighted by Crippen LogP contribution is 2.29. The number of para-hydroxylation sites is 2. The maximum absolute atomic E-state index is 12.9. The fourth-order valence-corrected chi connectivity index (χ4v) is 4.15. The van der Waals surface area contributed by atoms with Gasteiger partial charge < -0.3 is 21.3 Å². The maximum Gasteiger partial charge on any atom is 0.318 e. The number of anilines is 2. The second-order valence-corrected chi connectivity index (χ2v) is 8.79. The highest BCUT2D eigenvalue weighted by atomic mass is 16.2. The lowest BCUT2D eigenvalue weighted by Gasteiger charge is -2.28. The van der Waals surface area contributed by atoms with E-state index in [1.807, 2.05) is 41.3 Å². The minimum atomic E-state index is -0.230. The fourth-order valence-electron chi connectivity index (χ4n) is 4.15. The van der Waals surface area contributed by atoms with Gasteiger partial charge in [0.2, 0.25) is 5.91 Å². The number of nitrogens with zero attached hydrogens (tertiary/aromatic N) is 1. The Balaban J connectivity index is 1.32. The van der Waals surface area contributed by atoms with Crippen molar-refractivity contribution < 1.29 is 9.59 Å². The molecule has 2 fully saturated rings. The van der Waals surface area contributed by atoms with Crippen LogP contribution < -0.4 is 16.4 Å². The lowest BCUT2D eigenvalue weighted by Crippen LogP contribution is -2.46. The number of urea groups is 1. The van der Waals surface area contributed by atoms with Crippen LogP contribution in [0.3, 0.4) is 0 Å². The molecule has 0 unspecified atom stereocenters. The van der Waals surface area contributed by atoms with E-state index in [2.05, 4.69) is 10.6 Å². The molecule has 0 spiro atoms. The van der Waals surface area contributed by atoms with Gasteiger partial charge in [0.05, 0.1) is 11.4 Å². The van der Waals surface area contributed by atoms with Gasteiger partial charge >= 0.3 is 6.03 Å². The topological polar surface area (TPSA) is 87.5 Å². The number of carbonyl (C=O) groups is 2. The summed E-state index contributed by atoms with van der Waals surface area (Å²) in [5.41, 5.74) is 9.01. The highest BCUT2D eigenvalue weighted by molar-refractivity contribution is 6.03. The number of hydrogen-bond acceptors (Lipinski definition) is 3. The van der Waals surface area contributed by atoms with Crippen LogP contribution in [0.5, 0.6) is 0 Å². The SMILES string of the molecule is Nc1ccccc1NC(=O)/C=C/c1ccc(CN(C(=O)NC2CCCCC2)C2CC2)cc1. The Morgan fingerprint density at radius 3 is 2.38 bits per heavy atom. The van der Waals surface area contributed by atoms with E-state index in [9.17, 15) is 9.59 Å². The third-order valence-electron chi connectivity index (χ3n) is 6.16. The van der Waals surface area contributed by atoms with Crippen molar-refractivity contribution in [3.63, 3.8) is 0 Å². The van der Waals surface area contributed by atoms with E-state index in [4.69, 9.17) is 5.73 Å². The predicted molar refractivity (Wildman–Crippen MR) is 129 cm³/mol. The van der Waals surface area contributed by atoms with E-state index in [1.165, 1.54) is 25.3 Å². The second kappa shape index (κ2) is 10.4. The van der Waals surface area contributed by atoms with Crippen LogP contribution >= 0.6 is 0 Å². The number of hydrogen-bond donors (Lipinski definition) is 3. The molecule has 0 aromatic heterocycles. The Labute approximate surface area is 189 Å². The summed E-state index contributed by atoms with van der Waals surface area (Å²) in [5.74, 6) is -0.230. The molecule has 6 heteroatoms. The van der Waals surface area contributed by atoms with Gasteiger partial charge in [-0.2, -0.15) is 0 Å². The molecule has 0 radical (unpaired) electrons. The average Bonchev–Trinajstić information content (AvgIpc) is 3.64. The van der Waals surface area contributed by atoms with Gasteiger partial charge in [-0.05, 0) is 55.0 Å². The molecule has 2 aliphatic carbocycles. The van der Waals surface area contributed by atoms with E-state index < -0.39 is 0 Å². The molecule has 4 N–H and O–H groups in total. The summed E-state index contributed by atoms with van der Waals surface area (Å²) in [7, 11) is 0. The monoisotopic (exact) mass is 432 g/mol. The standard InChI is InChI=1S/C26H32N4O2/c27-23-8-4-5-9-24(23)29-25(31)17-14-19-10-12-20(13-11-19)18-30(22-15-16-22)26(32)28-21-6-2-1-3-7-21/h4-5,8-14,17,21-22H,1-3,6-7,15-16,18,27H2,(H,28,32)(H,29,31)/b17-14+. The molecule has 2 aromatic carbocycles. The first-order valence-electron chi connectivity index (χ1n) is 11.6. The summed E-state index contributed by atoms with van der Waals surface area (Å²) in [6.45, 7) is 0.612. The lowest BCUT2D eigenvalue weighted by atomic mass is 9.96. The third-order valence-corrected chi connectivity index (χ3v) is 6.16. The molecule has 2 aromatic rings. The van der Waals surface area contributed by atoms with E-state index >= 15 is 0 Å². The van der Waals surface area contributed by atoms with Gasteiger partial charge in [-0.1, -0.05) is 55.7 Å². The van der Waals surface area contributed by atoms with Gasteiger partial charge in [-0.15, -0.1) is 0 Å². The molecule has 0 bridgehead atoms. The van der Waals surface area contributed by atoms with Crippen molar-refractivity contribution >= 4 is 29.4 Å². The van der Waals surface area contributed by atoms with Crippen molar-refractivity contribution in [3.8, 4) is 0 Å². The first kappa shape index (κ1) is 21.9. The van der Waals surface area contributed by atoms with Crippen molar-refractivity contribution in [2.24, 2.45) is 0 Å². The van der Waals surface area contributed by atoms with Gasteiger partial charge in [-0.25, -0.2) is 4.79 Å². The zero-order chi connectivity index (χ0) is 22.3. The zero-order valence-corrected chi connectivity index (χ0v) is 18.4. The van der Waals surface area contributed by atoms with Crippen molar-refractivity contribution in [2.45, 2.75) is 63.6 Å². The van der Waals surface area contributed by atoms with Crippen LogP contribution in [0.15, 0.2) is 54.6 Å². The highest BCUT2D eigenvalue weighted by Gasteiger charge is 2.33. The van der Waals surface area contributed by atoms with E-state index in [-0.39, 0.29) is 11.9 Å². The maximum atomic E-state index is 12.9. The molecule has 0 heterocycles. The summed E-state index contributed by atoms with van der Waals surface area (Å²) in [4.78, 5) is 27.0. The van der Waals surface area contributed by atoms with Gasteiger partial charge in [0.1, 0.15) is 0 Å². The Hall–Kier alpha value is -3.28. The van der Waals surface area contributed by atoms with Crippen molar-refractivity contribution in [3.05, 3.63) is 65.7 Å². The number of nitrogens with one attached hydrogen (secondary N) is 2. The largest absolute Gasteiger partial charge is 0.397 e. The number of benzene rings is 2. The predicted octanol–water partition coefficient (Wildman–Crippen LogP) is 4.93. The molecule has 4 rings (SSSR count). The molecule has 2 saturated carbocycles. The normalized spacial score (nSPS) is 16.6. The smallest absolute Gasteiger partial charge is 0.318 e. The van der Waals surface area contributed by atoms with Crippen LogP contribution in [0.1, 0.15) is 56.1 Å². The summed E-state index contributed by atoms with van der Waals surface area (Å²) < 4.78 is 0. The first-order chi connectivity index (χ1) is 15.6. The summed E-state index contributed by atoms with van der Waals surface area (Å²) >= 11 is 0. The molecule has 0 atom stereocenters. The molecule has 2 aliphatic rings. The lowest BCUT2D eigenvalue weighted by molar-refractivity contribution is -0.111. The Morgan fingerprint density at radius 1 is 0.969 bits per heavy atom. The van der Waals surface area contributed by atoms with Crippen LogP contribution in [0.2, 0.25) is 0 Å². The van der Waals surface area contributed by atoms with Crippen LogP contribution in [-0.4, -0.2) is 28.9 Å². The molecule has 168 valence electrons. The van der Waals surface area contributed by atoms with E-state index in [0.29, 0.717) is 30.0 Å². The number of amides is 3. The second-order valence-electron chi connectivity index (χ2n) is 8.79. The van der Waals surface area contributed by atoms with Gasteiger partial charge in [0.15, 0.2) is 0 Å². The Morgan fingerprint density at radius 2 is 1.69 bits per heavy atom. The fraction of sp³-hybridized carbons (Fsp3) is 0.385. The minimum Gasteiger partial charge on any atom is -0.397 e. The summed E-state index contributed by atoms with van der Waals surface area (Å²) in [6, 6.07) is 15.9. The molecule has 0 saturated heterocycles. The molecule has 0 aliphatic heterocycles. The molecule has 3 amide bonds. The molecular weight excluding hydrogens is 400 g/mol. The van der Waals surface area contributed by atoms with Crippen LogP contribution in [-0.2, 0) is 11.3 Å². The molecule has 32 heavy (non-hydrogen) atoms. The van der Waals surface area contributed by atoms with Gasteiger partial charge in [0.25, 0.3) is 0 Å².